The maximum Gasteiger partial charge on any atom is 0.326 e. The molecule has 3 N–H and O–H groups in total. The first-order chi connectivity index (χ1) is 12.2. The molecule has 1 aromatic heterocycles. The van der Waals surface area contributed by atoms with Crippen molar-refractivity contribution in [3.8, 4) is 0 Å². The minimum absolute atomic E-state index is 0.0573. The Balaban J connectivity index is 2.15. The summed E-state index contributed by atoms with van der Waals surface area (Å²) >= 11 is 1.43. The van der Waals surface area contributed by atoms with Crippen LogP contribution in [0.2, 0.25) is 0 Å². The first-order valence-corrected chi connectivity index (χ1v) is 10.2. The van der Waals surface area contributed by atoms with Crippen LogP contribution in [0.5, 0.6) is 0 Å². The second kappa shape index (κ2) is 8.43. The first-order valence-electron chi connectivity index (χ1n) is 7.86. The summed E-state index contributed by atoms with van der Waals surface area (Å²) in [4.78, 5) is 24.3. The Morgan fingerprint density at radius 2 is 1.92 bits per heavy atom. The van der Waals surface area contributed by atoms with Crippen LogP contribution in [0.25, 0.3) is 0 Å². The average molecular weight is 396 g/mol. The molecule has 1 atom stereocenters. The molecule has 0 aliphatic carbocycles. The van der Waals surface area contributed by atoms with Gasteiger partial charge >= 0.3 is 5.97 Å². The van der Waals surface area contributed by atoms with Crippen molar-refractivity contribution in [3.63, 3.8) is 0 Å². The van der Waals surface area contributed by atoms with E-state index in [0.717, 1.165) is 4.88 Å². The van der Waals surface area contributed by atoms with Gasteiger partial charge in [0.1, 0.15) is 6.04 Å². The number of benzene rings is 1. The van der Waals surface area contributed by atoms with Gasteiger partial charge < -0.3 is 10.4 Å². The Morgan fingerprint density at radius 1 is 1.19 bits per heavy atom. The molecule has 0 saturated heterocycles. The summed E-state index contributed by atoms with van der Waals surface area (Å²) < 4.78 is 27.3. The molecule has 26 heavy (non-hydrogen) atoms. The summed E-state index contributed by atoms with van der Waals surface area (Å²) in [6.07, 6.45) is 0. The largest absolute Gasteiger partial charge is 0.480 e. The molecule has 2 aromatic rings. The molecule has 0 spiro atoms. The van der Waals surface area contributed by atoms with Crippen LogP contribution in [-0.2, 0) is 21.4 Å². The van der Waals surface area contributed by atoms with E-state index in [-0.39, 0.29) is 22.9 Å². The van der Waals surface area contributed by atoms with Crippen molar-refractivity contribution < 1.29 is 23.1 Å². The monoisotopic (exact) mass is 396 g/mol. The van der Waals surface area contributed by atoms with Gasteiger partial charge in [0.15, 0.2) is 0 Å². The lowest BCUT2D eigenvalue weighted by Crippen LogP contribution is -2.44. The van der Waals surface area contributed by atoms with Crippen molar-refractivity contribution in [1.82, 2.24) is 10.0 Å². The zero-order valence-corrected chi connectivity index (χ0v) is 15.9. The minimum Gasteiger partial charge on any atom is -0.480 e. The lowest BCUT2D eigenvalue weighted by atomic mass is 10.0. The van der Waals surface area contributed by atoms with Crippen LogP contribution in [-0.4, -0.2) is 31.4 Å². The first kappa shape index (κ1) is 20.1. The number of carbonyl (C=O) groups is 2. The number of rotatable bonds is 8. The summed E-state index contributed by atoms with van der Waals surface area (Å²) in [6.45, 7) is 3.51. The molecule has 9 heteroatoms. The molecule has 1 heterocycles. The van der Waals surface area contributed by atoms with E-state index < -0.39 is 27.9 Å². The standard InChI is InChI=1S/C17H20N2O5S2/c1-11(2)15(17(21)22)19-16(20)12-5-3-7-14(9-12)26(23,24)18-10-13-6-4-8-25-13/h3-9,11,15,18H,10H2,1-2H3,(H,19,20)(H,21,22). The van der Waals surface area contributed by atoms with Crippen LogP contribution < -0.4 is 10.0 Å². The Morgan fingerprint density at radius 3 is 2.50 bits per heavy atom. The van der Waals surface area contributed by atoms with Crippen molar-refractivity contribution in [3.05, 3.63) is 52.2 Å². The molecule has 7 nitrogen and oxygen atoms in total. The molecule has 0 bridgehead atoms. The molecule has 2 rings (SSSR count). The molecule has 0 aliphatic heterocycles. The number of thiophene rings is 1. The lowest BCUT2D eigenvalue weighted by Gasteiger charge is -2.18. The summed E-state index contributed by atoms with van der Waals surface area (Å²) in [5.74, 6) is -2.09. The molecule has 140 valence electrons. The summed E-state index contributed by atoms with van der Waals surface area (Å²) in [5.41, 5.74) is 0.0795. The Labute approximate surface area is 156 Å². The van der Waals surface area contributed by atoms with Gasteiger partial charge in [-0.1, -0.05) is 26.0 Å². The van der Waals surface area contributed by atoms with E-state index in [4.69, 9.17) is 5.11 Å². The third kappa shape index (κ3) is 5.13. The molecule has 0 saturated carbocycles. The number of hydrogen-bond donors (Lipinski definition) is 3. The van der Waals surface area contributed by atoms with Crippen molar-refractivity contribution in [2.45, 2.75) is 31.3 Å². The maximum atomic E-state index is 12.4. The van der Waals surface area contributed by atoms with Gasteiger partial charge in [0.25, 0.3) is 5.91 Å². The van der Waals surface area contributed by atoms with Gasteiger partial charge in [-0.2, -0.15) is 0 Å². The molecule has 0 fully saturated rings. The molecule has 0 radical (unpaired) electrons. The number of carboxylic acid groups (broad SMARTS) is 1. The van der Waals surface area contributed by atoms with E-state index >= 15 is 0 Å². The predicted octanol–water partition coefficient (Wildman–Crippen LogP) is 2.07. The Kier molecular flexibility index (Phi) is 6.52. The van der Waals surface area contributed by atoms with Crippen LogP contribution in [0, 0.1) is 5.92 Å². The van der Waals surface area contributed by atoms with Crippen LogP contribution in [0.15, 0.2) is 46.7 Å². The number of carboxylic acids is 1. The van der Waals surface area contributed by atoms with Gasteiger partial charge in [-0.3, -0.25) is 4.79 Å². The van der Waals surface area contributed by atoms with Crippen LogP contribution >= 0.6 is 11.3 Å². The maximum absolute atomic E-state index is 12.4. The van der Waals surface area contributed by atoms with Gasteiger partial charge in [-0.05, 0) is 35.6 Å². The molecule has 1 unspecified atom stereocenters. The molecule has 1 amide bonds. The fourth-order valence-electron chi connectivity index (χ4n) is 2.21. The minimum atomic E-state index is -3.79. The zero-order valence-electron chi connectivity index (χ0n) is 14.3. The summed E-state index contributed by atoms with van der Waals surface area (Å²) in [5, 5.41) is 13.4. The lowest BCUT2D eigenvalue weighted by molar-refractivity contribution is -0.140. The predicted molar refractivity (Wildman–Crippen MR) is 98.5 cm³/mol. The zero-order chi connectivity index (χ0) is 19.3. The summed E-state index contributed by atoms with van der Waals surface area (Å²) in [6, 6.07) is 8.07. The normalized spacial score (nSPS) is 12.7. The van der Waals surface area contributed by atoms with E-state index in [1.54, 1.807) is 13.8 Å². The molecule has 0 aliphatic rings. The SMILES string of the molecule is CC(C)C(NC(=O)c1cccc(S(=O)(=O)NCc2cccs2)c1)C(=O)O. The highest BCUT2D eigenvalue weighted by Crippen LogP contribution is 2.14. The van der Waals surface area contributed by atoms with Crippen molar-refractivity contribution >= 4 is 33.2 Å². The molecule has 1 aromatic carbocycles. The van der Waals surface area contributed by atoms with E-state index in [1.807, 2.05) is 17.5 Å². The van der Waals surface area contributed by atoms with Gasteiger partial charge in [0, 0.05) is 17.0 Å². The Hall–Kier alpha value is -2.23. The van der Waals surface area contributed by atoms with E-state index in [0.29, 0.717) is 0 Å². The van der Waals surface area contributed by atoms with Gasteiger partial charge in [-0.15, -0.1) is 11.3 Å². The van der Waals surface area contributed by atoms with Crippen molar-refractivity contribution in [1.29, 1.82) is 0 Å². The number of carbonyl (C=O) groups excluding carboxylic acids is 1. The number of nitrogens with one attached hydrogen (secondary N) is 2. The third-order valence-electron chi connectivity index (χ3n) is 3.64. The van der Waals surface area contributed by atoms with E-state index in [1.165, 1.54) is 35.6 Å². The summed E-state index contributed by atoms with van der Waals surface area (Å²) in [7, 11) is -3.79. The van der Waals surface area contributed by atoms with Gasteiger partial charge in [0.2, 0.25) is 10.0 Å². The number of sulfonamides is 1. The second-order valence-electron chi connectivity index (χ2n) is 5.97. The third-order valence-corrected chi connectivity index (χ3v) is 5.92. The number of hydrogen-bond acceptors (Lipinski definition) is 5. The van der Waals surface area contributed by atoms with Crippen LogP contribution in [0.3, 0.4) is 0 Å². The number of amides is 1. The second-order valence-corrected chi connectivity index (χ2v) is 8.76. The van der Waals surface area contributed by atoms with E-state index in [9.17, 15) is 18.0 Å². The van der Waals surface area contributed by atoms with Gasteiger partial charge in [-0.25, -0.2) is 17.9 Å². The quantitative estimate of drug-likeness (QED) is 0.632. The topological polar surface area (TPSA) is 113 Å². The van der Waals surface area contributed by atoms with Crippen LogP contribution in [0.4, 0.5) is 0 Å². The highest BCUT2D eigenvalue weighted by Gasteiger charge is 2.24. The molecular formula is C17H20N2O5S2. The average Bonchev–Trinajstić information content (AvgIpc) is 3.11. The van der Waals surface area contributed by atoms with Gasteiger partial charge in [0.05, 0.1) is 4.90 Å². The number of aliphatic carboxylic acids is 1. The Bertz CT molecular complexity index is 876. The highest BCUT2D eigenvalue weighted by atomic mass is 32.2. The molecular weight excluding hydrogens is 376 g/mol. The fourth-order valence-corrected chi connectivity index (χ4v) is 3.99. The van der Waals surface area contributed by atoms with Crippen molar-refractivity contribution in [2.75, 3.05) is 0 Å². The highest BCUT2D eigenvalue weighted by molar-refractivity contribution is 7.89. The van der Waals surface area contributed by atoms with E-state index in [2.05, 4.69) is 10.0 Å². The van der Waals surface area contributed by atoms with Crippen LogP contribution in [0.1, 0.15) is 29.1 Å². The fraction of sp³-hybridized carbons (Fsp3) is 0.294. The smallest absolute Gasteiger partial charge is 0.326 e. The van der Waals surface area contributed by atoms with Crippen molar-refractivity contribution in [2.24, 2.45) is 5.92 Å².